The lowest BCUT2D eigenvalue weighted by molar-refractivity contribution is -0.126. The lowest BCUT2D eigenvalue weighted by atomic mass is 10.0. The molecule has 0 aromatic carbocycles. The van der Waals surface area contributed by atoms with Crippen molar-refractivity contribution >= 4 is 5.91 Å². The summed E-state index contributed by atoms with van der Waals surface area (Å²) in [6.07, 6.45) is 17.9. The third-order valence-electron chi connectivity index (χ3n) is 4.77. The molecule has 0 aromatic heterocycles. The Morgan fingerprint density at radius 3 is 1.44 bits per heavy atom. The van der Waals surface area contributed by atoms with Gasteiger partial charge in [0.05, 0.1) is 6.10 Å². The standard InChI is InChI=1S/C21H43NO3/c1-3-4-5-6-7-8-9-10-11-12-13-14-15-16-17-18-20(24)22-21(25)19(2)23/h19,21,23,25H,3-18H2,1-2H3,(H,22,24). The summed E-state index contributed by atoms with van der Waals surface area (Å²) >= 11 is 0. The summed E-state index contributed by atoms with van der Waals surface area (Å²) in [6, 6.07) is 0. The number of rotatable bonds is 18. The van der Waals surface area contributed by atoms with Gasteiger partial charge in [0.1, 0.15) is 0 Å². The summed E-state index contributed by atoms with van der Waals surface area (Å²) in [5.74, 6) is -0.178. The molecule has 0 aliphatic heterocycles. The molecule has 2 atom stereocenters. The van der Waals surface area contributed by atoms with E-state index < -0.39 is 12.3 Å². The predicted octanol–water partition coefficient (Wildman–Crippen LogP) is 5.06. The summed E-state index contributed by atoms with van der Waals surface area (Å²) in [5, 5.41) is 20.8. The molecule has 0 spiro atoms. The van der Waals surface area contributed by atoms with Crippen LogP contribution >= 0.6 is 0 Å². The summed E-state index contributed by atoms with van der Waals surface area (Å²) in [5.41, 5.74) is 0. The minimum absolute atomic E-state index is 0.178. The summed E-state index contributed by atoms with van der Waals surface area (Å²) < 4.78 is 0. The van der Waals surface area contributed by atoms with Crippen molar-refractivity contribution < 1.29 is 15.0 Å². The highest BCUT2D eigenvalue weighted by Gasteiger charge is 2.12. The van der Waals surface area contributed by atoms with Crippen LogP contribution < -0.4 is 5.32 Å². The molecule has 0 saturated heterocycles. The zero-order valence-corrected chi connectivity index (χ0v) is 16.8. The fourth-order valence-electron chi connectivity index (χ4n) is 3.01. The molecule has 0 heterocycles. The van der Waals surface area contributed by atoms with Gasteiger partial charge in [0.25, 0.3) is 0 Å². The van der Waals surface area contributed by atoms with Crippen molar-refractivity contribution in [2.75, 3.05) is 0 Å². The van der Waals surface area contributed by atoms with Gasteiger partial charge in [0.2, 0.25) is 5.91 Å². The molecule has 0 bridgehead atoms. The quantitative estimate of drug-likeness (QED) is 0.237. The molecule has 150 valence electrons. The van der Waals surface area contributed by atoms with Crippen LogP contribution in [0.5, 0.6) is 0 Å². The number of aliphatic hydroxyl groups excluding tert-OH is 2. The second-order valence-electron chi connectivity index (χ2n) is 7.45. The number of carbonyl (C=O) groups excluding carboxylic acids is 1. The Morgan fingerprint density at radius 2 is 1.08 bits per heavy atom. The maximum absolute atomic E-state index is 11.5. The molecule has 0 saturated carbocycles. The van der Waals surface area contributed by atoms with Crippen molar-refractivity contribution in [1.82, 2.24) is 5.32 Å². The highest BCUT2D eigenvalue weighted by atomic mass is 16.3. The average Bonchev–Trinajstić information content (AvgIpc) is 2.58. The van der Waals surface area contributed by atoms with Crippen LogP contribution in [0.3, 0.4) is 0 Å². The predicted molar refractivity (Wildman–Crippen MR) is 105 cm³/mol. The lowest BCUT2D eigenvalue weighted by Gasteiger charge is -2.15. The Balaban J connectivity index is 3.17. The molecule has 1 amide bonds. The van der Waals surface area contributed by atoms with Crippen LogP contribution in [-0.2, 0) is 4.79 Å². The molecular weight excluding hydrogens is 314 g/mol. The molecular formula is C21H43NO3. The third kappa shape index (κ3) is 18.0. The van der Waals surface area contributed by atoms with Crippen molar-refractivity contribution in [2.24, 2.45) is 0 Å². The van der Waals surface area contributed by atoms with E-state index in [4.69, 9.17) is 5.11 Å². The van der Waals surface area contributed by atoms with E-state index >= 15 is 0 Å². The molecule has 0 aliphatic carbocycles. The Labute approximate surface area is 155 Å². The van der Waals surface area contributed by atoms with E-state index in [9.17, 15) is 9.90 Å². The van der Waals surface area contributed by atoms with E-state index in [1.807, 2.05) is 0 Å². The van der Waals surface area contributed by atoms with Crippen molar-refractivity contribution in [3.05, 3.63) is 0 Å². The molecule has 0 rings (SSSR count). The van der Waals surface area contributed by atoms with Crippen molar-refractivity contribution in [1.29, 1.82) is 0 Å². The maximum atomic E-state index is 11.5. The topological polar surface area (TPSA) is 69.6 Å². The number of amides is 1. The highest BCUT2D eigenvalue weighted by molar-refractivity contribution is 5.76. The molecule has 0 aliphatic rings. The minimum atomic E-state index is -1.15. The average molecular weight is 358 g/mol. The van der Waals surface area contributed by atoms with Crippen LogP contribution in [0.25, 0.3) is 0 Å². The van der Waals surface area contributed by atoms with Gasteiger partial charge in [-0.1, -0.05) is 96.8 Å². The van der Waals surface area contributed by atoms with Crippen LogP contribution in [0, 0.1) is 0 Å². The first-order valence-electron chi connectivity index (χ1n) is 10.7. The Kier molecular flexibility index (Phi) is 17.7. The summed E-state index contributed by atoms with van der Waals surface area (Å²) in [7, 11) is 0. The number of hydrogen-bond acceptors (Lipinski definition) is 3. The number of nitrogens with one attached hydrogen (secondary N) is 1. The van der Waals surface area contributed by atoms with Gasteiger partial charge in [0, 0.05) is 6.42 Å². The molecule has 3 N–H and O–H groups in total. The van der Waals surface area contributed by atoms with Gasteiger partial charge >= 0.3 is 0 Å². The zero-order chi connectivity index (χ0) is 18.8. The first-order chi connectivity index (χ1) is 12.1. The molecule has 2 unspecified atom stereocenters. The Hall–Kier alpha value is -0.610. The molecule has 0 radical (unpaired) electrons. The van der Waals surface area contributed by atoms with Gasteiger partial charge in [-0.2, -0.15) is 0 Å². The monoisotopic (exact) mass is 357 g/mol. The van der Waals surface area contributed by atoms with Crippen LogP contribution in [0.4, 0.5) is 0 Å². The molecule has 4 nitrogen and oxygen atoms in total. The molecule has 0 aromatic rings. The van der Waals surface area contributed by atoms with Crippen LogP contribution in [0.15, 0.2) is 0 Å². The van der Waals surface area contributed by atoms with E-state index in [-0.39, 0.29) is 5.91 Å². The fraction of sp³-hybridized carbons (Fsp3) is 0.952. The number of unbranched alkanes of at least 4 members (excludes halogenated alkanes) is 14. The third-order valence-corrected chi connectivity index (χ3v) is 4.77. The number of hydrogen-bond donors (Lipinski definition) is 3. The minimum Gasteiger partial charge on any atom is -0.389 e. The fourth-order valence-corrected chi connectivity index (χ4v) is 3.01. The largest absolute Gasteiger partial charge is 0.389 e. The molecule has 0 fully saturated rings. The van der Waals surface area contributed by atoms with Crippen molar-refractivity contribution in [2.45, 2.75) is 129 Å². The summed E-state index contributed by atoms with van der Waals surface area (Å²) in [6.45, 7) is 3.72. The first kappa shape index (κ1) is 24.4. The van der Waals surface area contributed by atoms with Crippen molar-refractivity contribution in [3.63, 3.8) is 0 Å². The molecule has 4 heteroatoms. The number of carbonyl (C=O) groups is 1. The van der Waals surface area contributed by atoms with Crippen molar-refractivity contribution in [3.8, 4) is 0 Å². The first-order valence-corrected chi connectivity index (χ1v) is 10.7. The second kappa shape index (κ2) is 18.2. The van der Waals surface area contributed by atoms with E-state index in [0.29, 0.717) is 6.42 Å². The van der Waals surface area contributed by atoms with Crippen LogP contribution in [-0.4, -0.2) is 28.5 Å². The Bertz CT molecular complexity index is 295. The van der Waals surface area contributed by atoms with Crippen LogP contribution in [0.1, 0.15) is 117 Å². The van der Waals surface area contributed by atoms with Gasteiger partial charge in [-0.3, -0.25) is 4.79 Å². The zero-order valence-electron chi connectivity index (χ0n) is 16.8. The van der Waals surface area contributed by atoms with E-state index in [2.05, 4.69) is 12.2 Å². The maximum Gasteiger partial charge on any atom is 0.222 e. The van der Waals surface area contributed by atoms with Gasteiger partial charge < -0.3 is 15.5 Å². The van der Waals surface area contributed by atoms with E-state index in [1.165, 1.54) is 90.4 Å². The van der Waals surface area contributed by atoms with Crippen LogP contribution in [0.2, 0.25) is 0 Å². The van der Waals surface area contributed by atoms with E-state index in [0.717, 1.165) is 12.8 Å². The normalized spacial score (nSPS) is 13.6. The van der Waals surface area contributed by atoms with E-state index in [1.54, 1.807) is 0 Å². The van der Waals surface area contributed by atoms with Gasteiger partial charge in [-0.15, -0.1) is 0 Å². The second-order valence-corrected chi connectivity index (χ2v) is 7.45. The highest BCUT2D eigenvalue weighted by Crippen LogP contribution is 2.13. The van der Waals surface area contributed by atoms with Gasteiger partial charge in [-0.25, -0.2) is 0 Å². The van der Waals surface area contributed by atoms with Gasteiger partial charge in [-0.05, 0) is 13.3 Å². The Morgan fingerprint density at radius 1 is 0.720 bits per heavy atom. The van der Waals surface area contributed by atoms with Gasteiger partial charge in [0.15, 0.2) is 6.23 Å². The summed E-state index contributed by atoms with van der Waals surface area (Å²) in [4.78, 5) is 11.5. The SMILES string of the molecule is CCCCCCCCCCCCCCCCCC(=O)NC(O)C(C)O. The smallest absolute Gasteiger partial charge is 0.222 e. The molecule has 25 heavy (non-hydrogen) atoms. The lowest BCUT2D eigenvalue weighted by Crippen LogP contribution is -2.41. The number of aliphatic hydroxyl groups is 2.